The van der Waals surface area contributed by atoms with Crippen molar-refractivity contribution in [3.63, 3.8) is 0 Å². The minimum Gasteiger partial charge on any atom is -0.507 e. The molecule has 0 bridgehead atoms. The van der Waals surface area contributed by atoms with Gasteiger partial charge in [-0.05, 0) is 16.8 Å². The normalized spacial score (nSPS) is 10.9. The predicted octanol–water partition coefficient (Wildman–Crippen LogP) is 5.23. The molecule has 3 rings (SSSR count). The van der Waals surface area contributed by atoms with E-state index >= 15 is 0 Å². The van der Waals surface area contributed by atoms with Crippen LogP contribution in [0, 0.1) is 0 Å². The Morgan fingerprint density at radius 2 is 1.68 bits per heavy atom. The molecular weight excluding hydrogens is 323 g/mol. The molecular formula is C17H12Cl2O3. The summed E-state index contributed by atoms with van der Waals surface area (Å²) in [7, 11) is 1.46. The number of fused-ring (bicyclic) bond motifs is 1. The molecule has 0 radical (unpaired) electrons. The maximum atomic E-state index is 10.4. The Kier molecular flexibility index (Phi) is 3.77. The van der Waals surface area contributed by atoms with Crippen molar-refractivity contribution in [1.29, 1.82) is 0 Å². The first-order valence-corrected chi connectivity index (χ1v) is 7.26. The maximum Gasteiger partial charge on any atom is 0.143 e. The van der Waals surface area contributed by atoms with Crippen LogP contribution in [0.1, 0.15) is 0 Å². The second-order valence-electron chi connectivity index (χ2n) is 4.78. The van der Waals surface area contributed by atoms with Crippen molar-refractivity contribution in [3.8, 4) is 28.4 Å². The minimum absolute atomic E-state index is 0.000203. The molecule has 0 saturated carbocycles. The summed E-state index contributed by atoms with van der Waals surface area (Å²) in [5.74, 6) is 0.131. The Morgan fingerprint density at radius 1 is 0.955 bits per heavy atom. The number of hydrogen-bond donors (Lipinski definition) is 2. The summed E-state index contributed by atoms with van der Waals surface area (Å²) in [4.78, 5) is 0. The van der Waals surface area contributed by atoms with Gasteiger partial charge in [-0.15, -0.1) is 0 Å². The Balaban J connectivity index is 2.47. The van der Waals surface area contributed by atoms with Gasteiger partial charge in [0.1, 0.15) is 17.2 Å². The van der Waals surface area contributed by atoms with Crippen molar-refractivity contribution in [2.24, 2.45) is 0 Å². The first kappa shape index (κ1) is 14.8. The Labute approximate surface area is 137 Å². The van der Waals surface area contributed by atoms with Crippen LogP contribution in [-0.4, -0.2) is 17.3 Å². The fourth-order valence-corrected chi connectivity index (χ4v) is 3.00. The molecule has 0 aromatic heterocycles. The number of methoxy groups -OCH3 is 1. The van der Waals surface area contributed by atoms with E-state index in [2.05, 4.69) is 0 Å². The third-order valence-corrected chi connectivity index (χ3v) is 4.20. The van der Waals surface area contributed by atoms with Crippen LogP contribution in [0.2, 0.25) is 10.0 Å². The molecule has 0 heterocycles. The third kappa shape index (κ3) is 2.23. The fraction of sp³-hybridized carbons (Fsp3) is 0.0588. The SMILES string of the molecule is COc1cc(Cl)c(O)c(-c2c(O)ccc3ccccc23)c1Cl. The third-order valence-electron chi connectivity index (χ3n) is 3.53. The number of phenols is 2. The Bertz CT molecular complexity index is 875. The molecule has 0 spiro atoms. The molecule has 0 unspecified atom stereocenters. The van der Waals surface area contributed by atoms with E-state index in [1.807, 2.05) is 24.3 Å². The standard InChI is InChI=1S/C17H12Cl2O3/c1-22-13-8-11(18)17(21)15(16(13)19)14-10-5-3-2-4-9(10)6-7-12(14)20/h2-8,20-21H,1H3. The van der Waals surface area contributed by atoms with Crippen molar-refractivity contribution in [1.82, 2.24) is 0 Å². The average Bonchev–Trinajstić information content (AvgIpc) is 2.53. The highest BCUT2D eigenvalue weighted by atomic mass is 35.5. The van der Waals surface area contributed by atoms with Crippen LogP contribution < -0.4 is 4.74 Å². The Hall–Kier alpha value is -2.10. The smallest absolute Gasteiger partial charge is 0.143 e. The van der Waals surface area contributed by atoms with Gasteiger partial charge in [0.25, 0.3) is 0 Å². The van der Waals surface area contributed by atoms with Gasteiger partial charge in [-0.1, -0.05) is 53.5 Å². The van der Waals surface area contributed by atoms with Crippen LogP contribution in [0.4, 0.5) is 0 Å². The molecule has 5 heteroatoms. The van der Waals surface area contributed by atoms with Gasteiger partial charge in [0.05, 0.1) is 22.7 Å². The average molecular weight is 335 g/mol. The van der Waals surface area contributed by atoms with Gasteiger partial charge in [0, 0.05) is 11.6 Å². The molecule has 0 saturated heterocycles. The molecule has 22 heavy (non-hydrogen) atoms. The van der Waals surface area contributed by atoms with Crippen molar-refractivity contribution in [2.75, 3.05) is 7.11 Å². The van der Waals surface area contributed by atoms with E-state index in [-0.39, 0.29) is 27.1 Å². The van der Waals surface area contributed by atoms with E-state index < -0.39 is 0 Å². The molecule has 3 nitrogen and oxygen atoms in total. The van der Waals surface area contributed by atoms with Crippen LogP contribution in [0.3, 0.4) is 0 Å². The molecule has 3 aromatic carbocycles. The quantitative estimate of drug-likeness (QED) is 0.674. The number of benzene rings is 3. The molecule has 0 fully saturated rings. The van der Waals surface area contributed by atoms with Crippen molar-refractivity contribution < 1.29 is 14.9 Å². The molecule has 0 atom stereocenters. The lowest BCUT2D eigenvalue weighted by Crippen LogP contribution is -1.91. The van der Waals surface area contributed by atoms with E-state index in [0.717, 1.165) is 10.8 Å². The zero-order valence-corrected chi connectivity index (χ0v) is 13.1. The minimum atomic E-state index is -0.195. The summed E-state index contributed by atoms with van der Waals surface area (Å²) in [6.07, 6.45) is 0. The highest BCUT2D eigenvalue weighted by molar-refractivity contribution is 6.38. The predicted molar refractivity (Wildman–Crippen MR) is 89.3 cm³/mol. The number of aromatic hydroxyl groups is 2. The van der Waals surface area contributed by atoms with Gasteiger partial charge in [0.15, 0.2) is 0 Å². The summed E-state index contributed by atoms with van der Waals surface area (Å²) in [6.45, 7) is 0. The summed E-state index contributed by atoms with van der Waals surface area (Å²) in [6, 6.07) is 12.3. The largest absolute Gasteiger partial charge is 0.507 e. The molecule has 112 valence electrons. The second kappa shape index (κ2) is 5.59. The molecule has 0 aliphatic rings. The van der Waals surface area contributed by atoms with Crippen molar-refractivity contribution >= 4 is 34.0 Å². The Morgan fingerprint density at radius 3 is 2.41 bits per heavy atom. The topological polar surface area (TPSA) is 49.7 Å². The molecule has 0 amide bonds. The van der Waals surface area contributed by atoms with E-state index in [4.69, 9.17) is 27.9 Å². The zero-order chi connectivity index (χ0) is 15.9. The lowest BCUT2D eigenvalue weighted by atomic mass is 9.96. The van der Waals surface area contributed by atoms with Gasteiger partial charge >= 0.3 is 0 Å². The molecule has 0 aliphatic heterocycles. The maximum absolute atomic E-state index is 10.4. The molecule has 2 N–H and O–H groups in total. The molecule has 0 aliphatic carbocycles. The van der Waals surface area contributed by atoms with E-state index in [1.165, 1.54) is 13.2 Å². The summed E-state index contributed by atoms with van der Waals surface area (Å²) >= 11 is 12.4. The van der Waals surface area contributed by atoms with E-state index in [1.54, 1.807) is 12.1 Å². The highest BCUT2D eigenvalue weighted by Gasteiger charge is 2.22. The van der Waals surface area contributed by atoms with Crippen molar-refractivity contribution in [2.45, 2.75) is 0 Å². The van der Waals surface area contributed by atoms with Gasteiger partial charge in [-0.2, -0.15) is 0 Å². The monoisotopic (exact) mass is 334 g/mol. The number of halogens is 2. The van der Waals surface area contributed by atoms with Crippen LogP contribution >= 0.6 is 23.2 Å². The van der Waals surface area contributed by atoms with Gasteiger partial charge in [-0.3, -0.25) is 0 Å². The van der Waals surface area contributed by atoms with Crippen LogP contribution in [0.5, 0.6) is 17.2 Å². The number of ether oxygens (including phenoxy) is 1. The van der Waals surface area contributed by atoms with E-state index in [9.17, 15) is 10.2 Å². The summed E-state index contributed by atoms with van der Waals surface area (Å²) < 4.78 is 5.19. The van der Waals surface area contributed by atoms with Gasteiger partial charge in [-0.25, -0.2) is 0 Å². The first-order valence-electron chi connectivity index (χ1n) is 6.50. The van der Waals surface area contributed by atoms with Crippen molar-refractivity contribution in [3.05, 3.63) is 52.5 Å². The number of hydrogen-bond acceptors (Lipinski definition) is 3. The van der Waals surface area contributed by atoms with Crippen LogP contribution in [0.25, 0.3) is 21.9 Å². The number of rotatable bonds is 2. The number of phenolic OH excluding ortho intramolecular Hbond substituents is 2. The lowest BCUT2D eigenvalue weighted by molar-refractivity contribution is 0.413. The van der Waals surface area contributed by atoms with Crippen LogP contribution in [0.15, 0.2) is 42.5 Å². The molecule has 3 aromatic rings. The van der Waals surface area contributed by atoms with Crippen LogP contribution in [-0.2, 0) is 0 Å². The first-order chi connectivity index (χ1) is 10.5. The van der Waals surface area contributed by atoms with Gasteiger partial charge < -0.3 is 14.9 Å². The summed E-state index contributed by atoms with van der Waals surface area (Å²) in [5, 5.41) is 22.6. The highest BCUT2D eigenvalue weighted by Crippen LogP contribution is 2.50. The summed E-state index contributed by atoms with van der Waals surface area (Å²) in [5.41, 5.74) is 0.668. The van der Waals surface area contributed by atoms with Gasteiger partial charge in [0.2, 0.25) is 0 Å². The van der Waals surface area contributed by atoms with E-state index in [0.29, 0.717) is 11.3 Å². The fourth-order valence-electron chi connectivity index (χ4n) is 2.49. The zero-order valence-electron chi connectivity index (χ0n) is 11.6. The second-order valence-corrected chi connectivity index (χ2v) is 5.56. The lowest BCUT2D eigenvalue weighted by Gasteiger charge is -2.15.